The second-order valence-corrected chi connectivity index (χ2v) is 4.70. The number of hydrogen-bond acceptors (Lipinski definition) is 5. The van der Waals surface area contributed by atoms with Crippen molar-refractivity contribution >= 4 is 5.69 Å². The van der Waals surface area contributed by atoms with Gasteiger partial charge in [0.25, 0.3) is 5.89 Å². The van der Waals surface area contributed by atoms with Crippen molar-refractivity contribution in [2.24, 2.45) is 0 Å². The van der Waals surface area contributed by atoms with Gasteiger partial charge in [0, 0.05) is 23.6 Å². The summed E-state index contributed by atoms with van der Waals surface area (Å²) in [5.74, 6) is 0.960. The van der Waals surface area contributed by atoms with Gasteiger partial charge in [0.2, 0.25) is 5.82 Å². The maximum absolute atomic E-state index is 6.09. The highest BCUT2D eigenvalue weighted by Crippen LogP contribution is 2.29. The Morgan fingerprint density at radius 3 is 2.60 bits per heavy atom. The Balaban J connectivity index is 2.07. The van der Waals surface area contributed by atoms with Gasteiger partial charge < -0.3 is 10.3 Å². The zero-order valence-corrected chi connectivity index (χ0v) is 11.3. The molecule has 3 rings (SSSR count). The van der Waals surface area contributed by atoms with E-state index in [-0.39, 0.29) is 0 Å². The van der Waals surface area contributed by atoms with Crippen LogP contribution >= 0.6 is 0 Å². The normalized spacial score (nSPS) is 10.7. The molecule has 2 aromatic heterocycles. The van der Waals surface area contributed by atoms with Crippen LogP contribution in [0.3, 0.4) is 0 Å². The van der Waals surface area contributed by atoms with Crippen molar-refractivity contribution in [2.75, 3.05) is 5.73 Å². The molecule has 5 heteroatoms. The summed E-state index contributed by atoms with van der Waals surface area (Å²) in [6.45, 7) is 3.97. The summed E-state index contributed by atoms with van der Waals surface area (Å²) >= 11 is 0. The first-order valence-electron chi connectivity index (χ1n) is 6.26. The molecule has 3 aromatic rings. The summed E-state index contributed by atoms with van der Waals surface area (Å²) in [5.41, 5.74) is 10.5. The van der Waals surface area contributed by atoms with E-state index < -0.39 is 0 Å². The molecule has 0 aliphatic rings. The zero-order chi connectivity index (χ0) is 14.1. The van der Waals surface area contributed by atoms with Crippen LogP contribution < -0.4 is 5.73 Å². The molecule has 20 heavy (non-hydrogen) atoms. The van der Waals surface area contributed by atoms with Crippen LogP contribution in [-0.2, 0) is 0 Å². The van der Waals surface area contributed by atoms with E-state index in [9.17, 15) is 0 Å². The molecule has 0 saturated heterocycles. The van der Waals surface area contributed by atoms with E-state index in [0.717, 1.165) is 22.3 Å². The van der Waals surface area contributed by atoms with Crippen LogP contribution in [0.1, 0.15) is 11.1 Å². The van der Waals surface area contributed by atoms with Gasteiger partial charge >= 0.3 is 0 Å². The standard InChI is InChI=1S/C15H14N4O/c1-9-7-10(2)13(16)12(8-9)15-18-14(19-20-15)11-3-5-17-6-4-11/h3-8H,16H2,1-2H3. The lowest BCUT2D eigenvalue weighted by Gasteiger charge is -2.06. The molecule has 0 aliphatic heterocycles. The average Bonchev–Trinajstić information content (AvgIpc) is 2.93. The molecule has 0 bridgehead atoms. The molecule has 0 amide bonds. The third kappa shape index (κ3) is 2.14. The lowest BCUT2D eigenvalue weighted by atomic mass is 10.0. The van der Waals surface area contributed by atoms with Crippen LogP contribution in [0.5, 0.6) is 0 Å². The van der Waals surface area contributed by atoms with E-state index in [2.05, 4.69) is 15.1 Å². The highest BCUT2D eigenvalue weighted by molar-refractivity contribution is 5.75. The SMILES string of the molecule is Cc1cc(C)c(N)c(-c2nc(-c3ccncc3)no2)c1. The summed E-state index contributed by atoms with van der Waals surface area (Å²) in [6.07, 6.45) is 3.38. The highest BCUT2D eigenvalue weighted by Gasteiger charge is 2.14. The zero-order valence-electron chi connectivity index (χ0n) is 11.3. The summed E-state index contributed by atoms with van der Waals surface area (Å²) in [4.78, 5) is 8.38. The number of benzene rings is 1. The van der Waals surface area contributed by atoms with Crippen LogP contribution in [-0.4, -0.2) is 15.1 Å². The molecule has 1 aromatic carbocycles. The first kappa shape index (κ1) is 12.3. The summed E-state index contributed by atoms with van der Waals surface area (Å²) in [6, 6.07) is 7.64. The smallest absolute Gasteiger partial charge is 0.260 e. The largest absolute Gasteiger partial charge is 0.398 e. The Morgan fingerprint density at radius 2 is 1.85 bits per heavy atom. The maximum Gasteiger partial charge on any atom is 0.260 e. The van der Waals surface area contributed by atoms with E-state index in [1.807, 2.05) is 38.1 Å². The van der Waals surface area contributed by atoms with Gasteiger partial charge in [0.05, 0.1) is 5.56 Å². The maximum atomic E-state index is 6.09. The Kier molecular flexibility index (Phi) is 2.95. The molecular formula is C15H14N4O. The molecular weight excluding hydrogens is 252 g/mol. The molecule has 0 radical (unpaired) electrons. The Hall–Kier alpha value is -2.69. The Morgan fingerprint density at radius 1 is 1.10 bits per heavy atom. The summed E-state index contributed by atoms with van der Waals surface area (Å²) < 4.78 is 5.33. The Bertz CT molecular complexity index is 750. The fourth-order valence-corrected chi connectivity index (χ4v) is 2.11. The van der Waals surface area contributed by atoms with Gasteiger partial charge in [0.1, 0.15) is 0 Å². The third-order valence-corrected chi connectivity index (χ3v) is 3.13. The van der Waals surface area contributed by atoms with E-state index in [1.165, 1.54) is 0 Å². The van der Waals surface area contributed by atoms with Crippen molar-refractivity contribution < 1.29 is 4.52 Å². The first-order valence-corrected chi connectivity index (χ1v) is 6.26. The van der Waals surface area contributed by atoms with Gasteiger partial charge in [-0.15, -0.1) is 0 Å². The third-order valence-electron chi connectivity index (χ3n) is 3.13. The van der Waals surface area contributed by atoms with Crippen molar-refractivity contribution in [1.29, 1.82) is 0 Å². The lowest BCUT2D eigenvalue weighted by molar-refractivity contribution is 0.432. The van der Waals surface area contributed by atoms with E-state index >= 15 is 0 Å². The molecule has 0 atom stereocenters. The molecule has 0 spiro atoms. The average molecular weight is 266 g/mol. The monoisotopic (exact) mass is 266 g/mol. The number of nitrogen functional groups attached to an aromatic ring is 1. The minimum absolute atomic E-state index is 0.432. The minimum atomic E-state index is 0.432. The van der Waals surface area contributed by atoms with Crippen molar-refractivity contribution in [3.05, 3.63) is 47.8 Å². The van der Waals surface area contributed by atoms with Crippen LogP contribution in [0.15, 0.2) is 41.2 Å². The van der Waals surface area contributed by atoms with Gasteiger partial charge in [0.15, 0.2) is 0 Å². The predicted octanol–water partition coefficient (Wildman–Crippen LogP) is 3.00. The second kappa shape index (κ2) is 4.77. The minimum Gasteiger partial charge on any atom is -0.398 e. The predicted molar refractivity (Wildman–Crippen MR) is 76.9 cm³/mol. The number of nitrogens with two attached hydrogens (primary N) is 1. The van der Waals surface area contributed by atoms with Crippen molar-refractivity contribution in [3.8, 4) is 22.8 Å². The molecule has 100 valence electrons. The fraction of sp³-hybridized carbons (Fsp3) is 0.133. The van der Waals surface area contributed by atoms with Gasteiger partial charge in [-0.2, -0.15) is 4.98 Å². The van der Waals surface area contributed by atoms with Crippen LogP contribution in [0.4, 0.5) is 5.69 Å². The van der Waals surface area contributed by atoms with Crippen molar-refractivity contribution in [3.63, 3.8) is 0 Å². The van der Waals surface area contributed by atoms with Crippen LogP contribution in [0.2, 0.25) is 0 Å². The van der Waals surface area contributed by atoms with Gasteiger partial charge in [-0.1, -0.05) is 11.2 Å². The van der Waals surface area contributed by atoms with Crippen molar-refractivity contribution in [1.82, 2.24) is 15.1 Å². The topological polar surface area (TPSA) is 77.8 Å². The molecule has 0 unspecified atom stereocenters. The van der Waals surface area contributed by atoms with Gasteiger partial charge in [-0.05, 0) is 43.2 Å². The molecule has 0 aliphatic carbocycles. The van der Waals surface area contributed by atoms with Gasteiger partial charge in [-0.3, -0.25) is 4.98 Å². The number of hydrogen-bond donors (Lipinski definition) is 1. The fourth-order valence-electron chi connectivity index (χ4n) is 2.11. The summed E-state index contributed by atoms with van der Waals surface area (Å²) in [5, 5.41) is 3.99. The number of rotatable bonds is 2. The molecule has 0 fully saturated rings. The number of aromatic nitrogens is 3. The number of nitrogens with zero attached hydrogens (tertiary/aromatic N) is 3. The quantitative estimate of drug-likeness (QED) is 0.721. The first-order chi connectivity index (χ1) is 9.65. The highest BCUT2D eigenvalue weighted by atomic mass is 16.5. The van der Waals surface area contributed by atoms with E-state index in [1.54, 1.807) is 12.4 Å². The van der Waals surface area contributed by atoms with Crippen molar-refractivity contribution in [2.45, 2.75) is 13.8 Å². The number of aryl methyl sites for hydroxylation is 2. The van der Waals surface area contributed by atoms with E-state index in [4.69, 9.17) is 10.3 Å². The molecule has 5 nitrogen and oxygen atoms in total. The second-order valence-electron chi connectivity index (χ2n) is 4.70. The van der Waals surface area contributed by atoms with Crippen LogP contribution in [0, 0.1) is 13.8 Å². The number of anilines is 1. The molecule has 0 saturated carbocycles. The Labute approximate surface area is 116 Å². The van der Waals surface area contributed by atoms with Crippen LogP contribution in [0.25, 0.3) is 22.8 Å². The molecule has 2 N–H and O–H groups in total. The summed E-state index contributed by atoms with van der Waals surface area (Å²) in [7, 11) is 0. The number of pyridine rings is 1. The van der Waals surface area contributed by atoms with E-state index in [0.29, 0.717) is 17.4 Å². The lowest BCUT2D eigenvalue weighted by Crippen LogP contribution is -1.95. The molecule has 2 heterocycles. The van der Waals surface area contributed by atoms with Gasteiger partial charge in [-0.25, -0.2) is 0 Å².